The standard InChI is InChI=1S/C17H20ClN3O2/c1-11-15(18)12(2)21(20-11)14-6-4-13(5-7-14)16(22)19-10-17(23)8-3-9-17/h4-7,23H,3,8-10H2,1-2H3,(H,19,22). The molecule has 0 saturated heterocycles. The van der Waals surface area contributed by atoms with Gasteiger partial charge in [0.05, 0.1) is 27.7 Å². The number of amides is 1. The number of hydrogen-bond acceptors (Lipinski definition) is 3. The zero-order valence-corrected chi connectivity index (χ0v) is 14.0. The minimum absolute atomic E-state index is 0.178. The SMILES string of the molecule is Cc1nn(-c2ccc(C(=O)NCC3(O)CCC3)cc2)c(C)c1Cl. The Morgan fingerprint density at radius 2 is 2.00 bits per heavy atom. The smallest absolute Gasteiger partial charge is 0.251 e. The Labute approximate surface area is 140 Å². The van der Waals surface area contributed by atoms with Crippen LogP contribution >= 0.6 is 11.6 Å². The maximum Gasteiger partial charge on any atom is 0.251 e. The summed E-state index contributed by atoms with van der Waals surface area (Å²) in [5.41, 5.74) is 2.35. The normalized spacial score (nSPS) is 16.0. The van der Waals surface area contributed by atoms with Gasteiger partial charge in [-0.3, -0.25) is 4.79 Å². The Morgan fingerprint density at radius 1 is 1.35 bits per heavy atom. The molecule has 1 aromatic heterocycles. The Kier molecular flexibility index (Phi) is 4.17. The molecule has 2 aromatic rings. The van der Waals surface area contributed by atoms with Crippen LogP contribution in [0.25, 0.3) is 5.69 Å². The summed E-state index contributed by atoms with van der Waals surface area (Å²) in [5, 5.41) is 17.9. The van der Waals surface area contributed by atoms with Crippen molar-refractivity contribution in [2.24, 2.45) is 0 Å². The molecule has 5 nitrogen and oxygen atoms in total. The minimum Gasteiger partial charge on any atom is -0.388 e. The van der Waals surface area contributed by atoms with Crippen molar-refractivity contribution in [3.63, 3.8) is 0 Å². The van der Waals surface area contributed by atoms with E-state index in [1.807, 2.05) is 26.0 Å². The summed E-state index contributed by atoms with van der Waals surface area (Å²) in [6.07, 6.45) is 2.53. The molecule has 1 heterocycles. The van der Waals surface area contributed by atoms with Gasteiger partial charge in [0.15, 0.2) is 0 Å². The number of aryl methyl sites for hydroxylation is 1. The van der Waals surface area contributed by atoms with Gasteiger partial charge in [0.1, 0.15) is 0 Å². The molecule has 0 atom stereocenters. The monoisotopic (exact) mass is 333 g/mol. The van der Waals surface area contributed by atoms with Crippen molar-refractivity contribution >= 4 is 17.5 Å². The summed E-state index contributed by atoms with van der Waals surface area (Å²) < 4.78 is 1.76. The summed E-state index contributed by atoms with van der Waals surface area (Å²) >= 11 is 6.16. The molecule has 0 unspecified atom stereocenters. The van der Waals surface area contributed by atoms with Gasteiger partial charge in [0, 0.05) is 12.1 Å². The van der Waals surface area contributed by atoms with Crippen LogP contribution in [-0.2, 0) is 0 Å². The fourth-order valence-electron chi connectivity index (χ4n) is 2.74. The second-order valence-electron chi connectivity index (χ2n) is 6.20. The highest BCUT2D eigenvalue weighted by Crippen LogP contribution is 2.30. The van der Waals surface area contributed by atoms with Crippen LogP contribution in [0.4, 0.5) is 0 Å². The first-order chi connectivity index (χ1) is 10.9. The summed E-state index contributed by atoms with van der Waals surface area (Å²) in [4.78, 5) is 12.1. The van der Waals surface area contributed by atoms with Gasteiger partial charge in [-0.2, -0.15) is 5.10 Å². The molecule has 1 saturated carbocycles. The average Bonchev–Trinajstić information content (AvgIpc) is 2.78. The van der Waals surface area contributed by atoms with E-state index in [0.29, 0.717) is 17.1 Å². The number of halogens is 1. The van der Waals surface area contributed by atoms with E-state index < -0.39 is 5.60 Å². The number of aromatic nitrogens is 2. The number of aliphatic hydroxyl groups is 1. The van der Waals surface area contributed by atoms with Crippen molar-refractivity contribution in [1.82, 2.24) is 15.1 Å². The third-order valence-electron chi connectivity index (χ3n) is 4.44. The molecule has 1 amide bonds. The topological polar surface area (TPSA) is 67.2 Å². The van der Waals surface area contributed by atoms with E-state index in [-0.39, 0.29) is 5.91 Å². The van der Waals surface area contributed by atoms with Crippen molar-refractivity contribution in [3.05, 3.63) is 46.2 Å². The number of carbonyl (C=O) groups excluding carboxylic acids is 1. The molecule has 2 N–H and O–H groups in total. The zero-order valence-electron chi connectivity index (χ0n) is 13.3. The number of benzene rings is 1. The van der Waals surface area contributed by atoms with Crippen LogP contribution in [-0.4, -0.2) is 32.9 Å². The lowest BCUT2D eigenvalue weighted by Gasteiger charge is -2.36. The van der Waals surface area contributed by atoms with Crippen LogP contribution in [0.1, 0.15) is 41.0 Å². The Hall–Kier alpha value is -1.85. The molecule has 23 heavy (non-hydrogen) atoms. The predicted octanol–water partition coefficient (Wildman–Crippen LogP) is 2.79. The molecule has 0 radical (unpaired) electrons. The molecule has 1 aliphatic carbocycles. The van der Waals surface area contributed by atoms with Crippen molar-refractivity contribution < 1.29 is 9.90 Å². The van der Waals surface area contributed by atoms with Gasteiger partial charge in [0.2, 0.25) is 0 Å². The predicted molar refractivity (Wildman–Crippen MR) is 89.2 cm³/mol. The van der Waals surface area contributed by atoms with Crippen LogP contribution in [0, 0.1) is 13.8 Å². The Balaban J connectivity index is 1.71. The minimum atomic E-state index is -0.712. The van der Waals surface area contributed by atoms with Crippen molar-refractivity contribution in [1.29, 1.82) is 0 Å². The van der Waals surface area contributed by atoms with Gasteiger partial charge in [-0.1, -0.05) is 11.6 Å². The molecular formula is C17H20ClN3O2. The van der Waals surface area contributed by atoms with Crippen LogP contribution in [0.15, 0.2) is 24.3 Å². The fraction of sp³-hybridized carbons (Fsp3) is 0.412. The third kappa shape index (κ3) is 3.12. The van der Waals surface area contributed by atoms with Gasteiger partial charge >= 0.3 is 0 Å². The van der Waals surface area contributed by atoms with Gasteiger partial charge in [-0.05, 0) is 57.4 Å². The number of nitrogens with one attached hydrogen (secondary N) is 1. The third-order valence-corrected chi connectivity index (χ3v) is 4.99. The fourth-order valence-corrected chi connectivity index (χ4v) is 2.86. The molecule has 3 rings (SSSR count). The molecule has 1 aromatic carbocycles. The average molecular weight is 334 g/mol. The number of rotatable bonds is 4. The molecule has 1 fully saturated rings. The first-order valence-corrected chi connectivity index (χ1v) is 8.10. The molecule has 0 aliphatic heterocycles. The van der Waals surface area contributed by atoms with E-state index in [9.17, 15) is 9.90 Å². The summed E-state index contributed by atoms with van der Waals surface area (Å²) in [6, 6.07) is 7.17. The van der Waals surface area contributed by atoms with Gasteiger partial charge in [-0.15, -0.1) is 0 Å². The molecule has 1 aliphatic rings. The van der Waals surface area contributed by atoms with Crippen LogP contribution in [0.5, 0.6) is 0 Å². The largest absolute Gasteiger partial charge is 0.388 e. The first kappa shape index (κ1) is 16.0. The van der Waals surface area contributed by atoms with E-state index in [1.165, 1.54) is 0 Å². The van der Waals surface area contributed by atoms with Gasteiger partial charge in [0.25, 0.3) is 5.91 Å². The van der Waals surface area contributed by atoms with Crippen LogP contribution in [0.2, 0.25) is 5.02 Å². The summed E-state index contributed by atoms with van der Waals surface area (Å²) in [7, 11) is 0. The molecule has 0 bridgehead atoms. The van der Waals surface area contributed by atoms with Crippen LogP contribution < -0.4 is 5.32 Å². The Bertz CT molecular complexity index is 733. The highest BCUT2D eigenvalue weighted by Gasteiger charge is 2.34. The molecule has 6 heteroatoms. The van der Waals surface area contributed by atoms with Gasteiger partial charge < -0.3 is 10.4 Å². The number of nitrogens with zero attached hydrogens (tertiary/aromatic N) is 2. The lowest BCUT2D eigenvalue weighted by Crippen LogP contribution is -2.47. The maximum atomic E-state index is 12.1. The van der Waals surface area contributed by atoms with E-state index in [0.717, 1.165) is 36.3 Å². The first-order valence-electron chi connectivity index (χ1n) is 7.72. The quantitative estimate of drug-likeness (QED) is 0.904. The maximum absolute atomic E-state index is 12.1. The van der Waals surface area contributed by atoms with Crippen LogP contribution in [0.3, 0.4) is 0 Å². The van der Waals surface area contributed by atoms with Crippen molar-refractivity contribution in [2.45, 2.75) is 38.7 Å². The van der Waals surface area contributed by atoms with Crippen molar-refractivity contribution in [2.75, 3.05) is 6.54 Å². The van der Waals surface area contributed by atoms with E-state index in [2.05, 4.69) is 10.4 Å². The highest BCUT2D eigenvalue weighted by atomic mass is 35.5. The lowest BCUT2D eigenvalue weighted by atomic mass is 9.80. The number of carbonyl (C=O) groups is 1. The lowest BCUT2D eigenvalue weighted by molar-refractivity contribution is -0.0300. The Morgan fingerprint density at radius 3 is 2.48 bits per heavy atom. The molecule has 0 spiro atoms. The van der Waals surface area contributed by atoms with E-state index in [4.69, 9.17) is 11.6 Å². The van der Waals surface area contributed by atoms with Gasteiger partial charge in [-0.25, -0.2) is 4.68 Å². The number of hydrogen-bond donors (Lipinski definition) is 2. The van der Waals surface area contributed by atoms with Crippen molar-refractivity contribution in [3.8, 4) is 5.69 Å². The molecule has 122 valence electrons. The second-order valence-corrected chi connectivity index (χ2v) is 6.58. The highest BCUT2D eigenvalue weighted by molar-refractivity contribution is 6.31. The zero-order chi connectivity index (χ0) is 16.6. The summed E-state index contributed by atoms with van der Waals surface area (Å²) in [5.74, 6) is -0.178. The van der Waals surface area contributed by atoms with E-state index in [1.54, 1.807) is 16.8 Å². The summed E-state index contributed by atoms with van der Waals surface area (Å²) in [6.45, 7) is 4.07. The second kappa shape index (κ2) is 5.98. The molecular weight excluding hydrogens is 314 g/mol. The van der Waals surface area contributed by atoms with E-state index >= 15 is 0 Å².